The Morgan fingerprint density at radius 3 is 2.35 bits per heavy atom. The van der Waals surface area contributed by atoms with Gasteiger partial charge in [0.2, 0.25) is 0 Å². The highest BCUT2D eigenvalue weighted by Gasteiger charge is 2.21. The number of methoxy groups -OCH3 is 1. The van der Waals surface area contributed by atoms with Crippen molar-refractivity contribution in [3.63, 3.8) is 0 Å². The summed E-state index contributed by atoms with van der Waals surface area (Å²) >= 11 is 0. The zero-order valence-electron chi connectivity index (χ0n) is 17.9. The third kappa shape index (κ3) is 6.23. The fourth-order valence-electron chi connectivity index (χ4n) is 2.87. The van der Waals surface area contributed by atoms with E-state index in [4.69, 9.17) is 0 Å². The van der Waals surface area contributed by atoms with E-state index in [1.807, 2.05) is 4.72 Å². The molecule has 0 radical (unpaired) electrons. The van der Waals surface area contributed by atoms with E-state index in [-0.39, 0.29) is 34.1 Å². The molecule has 2 N–H and O–H groups in total. The average Bonchev–Trinajstić information content (AvgIpc) is 2.84. The zero-order chi connectivity index (χ0) is 24.7. The summed E-state index contributed by atoms with van der Waals surface area (Å²) in [4.78, 5) is 39.7. The van der Waals surface area contributed by atoms with Gasteiger partial charge in [-0.15, -0.1) is 0 Å². The number of hydrogen-bond acceptors (Lipinski definition) is 7. The van der Waals surface area contributed by atoms with Crippen molar-refractivity contribution in [1.82, 2.24) is 15.0 Å². The first kappa shape index (κ1) is 24.5. The van der Waals surface area contributed by atoms with Crippen LogP contribution in [0, 0.1) is 5.82 Å². The molecule has 3 rings (SSSR count). The molecular weight excluding hydrogens is 465 g/mol. The van der Waals surface area contributed by atoms with Gasteiger partial charge in [0.05, 0.1) is 17.6 Å². The van der Waals surface area contributed by atoms with Crippen LogP contribution >= 0.6 is 0 Å². The number of nitrogens with zero attached hydrogens (tertiary/aromatic N) is 1. The number of esters is 1. The lowest BCUT2D eigenvalue weighted by Crippen LogP contribution is -2.31. The number of aromatic nitrogens is 1. The van der Waals surface area contributed by atoms with Gasteiger partial charge in [-0.05, 0) is 54.4 Å². The van der Waals surface area contributed by atoms with Crippen molar-refractivity contribution < 1.29 is 31.9 Å². The number of sulfonamides is 1. The third-order valence-electron chi connectivity index (χ3n) is 4.67. The van der Waals surface area contributed by atoms with Gasteiger partial charge in [0.15, 0.2) is 0 Å². The number of benzene rings is 2. The summed E-state index contributed by atoms with van der Waals surface area (Å²) in [5.74, 6) is -2.52. The van der Waals surface area contributed by atoms with Crippen LogP contribution in [-0.4, -0.2) is 44.8 Å². The number of carbonyl (C=O) groups excluding carboxylic acids is 3. The van der Waals surface area contributed by atoms with Gasteiger partial charge in [-0.3, -0.25) is 9.59 Å². The van der Waals surface area contributed by atoms with Crippen LogP contribution in [0.15, 0.2) is 71.8 Å². The summed E-state index contributed by atoms with van der Waals surface area (Å²) in [5, 5.41) is 2.67. The highest BCUT2D eigenvalue weighted by Crippen LogP contribution is 2.13. The van der Waals surface area contributed by atoms with Crippen molar-refractivity contribution in [2.75, 3.05) is 13.7 Å². The Hall–Kier alpha value is -4.12. The molecule has 176 valence electrons. The lowest BCUT2D eigenvalue weighted by Gasteiger charge is -2.09. The van der Waals surface area contributed by atoms with E-state index in [0.717, 1.165) is 17.8 Å². The predicted octanol–water partition coefficient (Wildman–Crippen LogP) is 2.10. The average molecular weight is 485 g/mol. The van der Waals surface area contributed by atoms with Crippen molar-refractivity contribution in [2.45, 2.75) is 11.3 Å². The number of ether oxygens (including phenoxy) is 1. The molecule has 0 aliphatic rings. The molecule has 9 nitrogen and oxygen atoms in total. The molecule has 0 unspecified atom stereocenters. The van der Waals surface area contributed by atoms with Crippen molar-refractivity contribution in [2.24, 2.45) is 0 Å². The van der Waals surface area contributed by atoms with E-state index in [0.29, 0.717) is 6.42 Å². The first-order chi connectivity index (χ1) is 16.2. The van der Waals surface area contributed by atoms with Crippen LogP contribution in [0.1, 0.15) is 36.8 Å². The summed E-state index contributed by atoms with van der Waals surface area (Å²) in [7, 11) is -3.12. The van der Waals surface area contributed by atoms with Crippen molar-refractivity contribution in [1.29, 1.82) is 0 Å². The van der Waals surface area contributed by atoms with E-state index in [1.54, 1.807) is 12.1 Å². The van der Waals surface area contributed by atoms with Crippen molar-refractivity contribution in [3.8, 4) is 0 Å². The van der Waals surface area contributed by atoms with E-state index in [9.17, 15) is 27.2 Å². The highest BCUT2D eigenvalue weighted by molar-refractivity contribution is 7.90. The summed E-state index contributed by atoms with van der Waals surface area (Å²) in [6.45, 7) is 0.257. The molecule has 1 aromatic heterocycles. The first-order valence-electron chi connectivity index (χ1n) is 9.94. The van der Waals surface area contributed by atoms with Crippen molar-refractivity contribution in [3.05, 3.63) is 95.1 Å². The Morgan fingerprint density at radius 2 is 1.71 bits per heavy atom. The SMILES string of the molecule is COC(=O)c1ccc(C(=O)NS(=O)(=O)c2cccc(C(=O)NCCc3ccc(F)cc3)c2)cn1. The second-order valence-electron chi connectivity index (χ2n) is 7.02. The van der Waals surface area contributed by atoms with Crippen molar-refractivity contribution >= 4 is 27.8 Å². The molecule has 0 saturated heterocycles. The van der Waals surface area contributed by atoms with Gasteiger partial charge in [0, 0.05) is 18.3 Å². The maximum absolute atomic E-state index is 13.0. The molecule has 34 heavy (non-hydrogen) atoms. The molecule has 3 aromatic rings. The third-order valence-corrected chi connectivity index (χ3v) is 5.99. The van der Waals surface area contributed by atoms with Gasteiger partial charge in [-0.1, -0.05) is 18.2 Å². The number of rotatable bonds is 8. The van der Waals surface area contributed by atoms with E-state index < -0.39 is 27.8 Å². The Labute approximate surface area is 195 Å². The van der Waals surface area contributed by atoms with Crippen LogP contribution in [0.5, 0.6) is 0 Å². The Morgan fingerprint density at radius 1 is 0.971 bits per heavy atom. The fourth-order valence-corrected chi connectivity index (χ4v) is 3.89. The molecule has 0 spiro atoms. The molecule has 0 saturated carbocycles. The Kier molecular flexibility index (Phi) is 7.69. The summed E-state index contributed by atoms with van der Waals surface area (Å²) in [6.07, 6.45) is 1.50. The van der Waals surface area contributed by atoms with Crippen LogP contribution in [0.3, 0.4) is 0 Å². The monoisotopic (exact) mass is 485 g/mol. The maximum Gasteiger partial charge on any atom is 0.356 e. The zero-order valence-corrected chi connectivity index (χ0v) is 18.8. The molecule has 11 heteroatoms. The molecule has 1 heterocycles. The highest BCUT2D eigenvalue weighted by atomic mass is 32.2. The first-order valence-corrected chi connectivity index (χ1v) is 11.4. The normalized spacial score (nSPS) is 10.9. The lowest BCUT2D eigenvalue weighted by atomic mass is 10.1. The van der Waals surface area contributed by atoms with Crippen LogP contribution in [0.4, 0.5) is 4.39 Å². The molecule has 0 atom stereocenters. The van der Waals surface area contributed by atoms with Crippen LogP contribution in [0.25, 0.3) is 0 Å². The van der Waals surface area contributed by atoms with Gasteiger partial charge >= 0.3 is 5.97 Å². The molecular formula is C23H20FN3O6S. The minimum Gasteiger partial charge on any atom is -0.464 e. The second kappa shape index (κ2) is 10.7. The number of nitrogens with one attached hydrogen (secondary N) is 2. The maximum atomic E-state index is 13.0. The van der Waals surface area contributed by atoms with Crippen LogP contribution < -0.4 is 10.0 Å². The van der Waals surface area contributed by atoms with E-state index in [1.165, 1.54) is 49.6 Å². The lowest BCUT2D eigenvalue weighted by molar-refractivity contribution is 0.0593. The van der Waals surface area contributed by atoms with Gasteiger partial charge < -0.3 is 10.1 Å². The smallest absolute Gasteiger partial charge is 0.356 e. The van der Waals surface area contributed by atoms with Crippen LogP contribution in [-0.2, 0) is 21.2 Å². The number of carbonyl (C=O) groups is 3. The number of halogens is 1. The minimum atomic E-state index is -4.30. The van der Waals surface area contributed by atoms with Gasteiger partial charge in [0.25, 0.3) is 21.8 Å². The predicted molar refractivity (Wildman–Crippen MR) is 119 cm³/mol. The van der Waals surface area contributed by atoms with Gasteiger partial charge in [-0.2, -0.15) is 0 Å². The summed E-state index contributed by atoms with van der Waals surface area (Å²) < 4.78 is 44.7. The van der Waals surface area contributed by atoms with E-state index >= 15 is 0 Å². The number of hydrogen-bond donors (Lipinski definition) is 2. The Bertz CT molecular complexity index is 1310. The van der Waals surface area contributed by atoms with Gasteiger partial charge in [0.1, 0.15) is 11.5 Å². The molecule has 0 fully saturated rings. The second-order valence-corrected chi connectivity index (χ2v) is 8.70. The quantitative estimate of drug-likeness (QED) is 0.467. The fraction of sp³-hybridized carbons (Fsp3) is 0.130. The van der Waals surface area contributed by atoms with E-state index in [2.05, 4.69) is 15.0 Å². The van der Waals surface area contributed by atoms with Gasteiger partial charge in [-0.25, -0.2) is 27.3 Å². The van der Waals surface area contributed by atoms with Crippen LogP contribution in [0.2, 0.25) is 0 Å². The summed E-state index contributed by atoms with van der Waals surface area (Å²) in [6, 6.07) is 13.5. The largest absolute Gasteiger partial charge is 0.464 e. The number of amides is 2. The number of pyridine rings is 1. The molecule has 2 amide bonds. The summed E-state index contributed by atoms with van der Waals surface area (Å²) in [5.41, 5.74) is 0.777. The Balaban J connectivity index is 1.64. The molecule has 2 aromatic carbocycles. The molecule has 0 aliphatic heterocycles. The minimum absolute atomic E-state index is 0.0416. The standard InChI is InChI=1S/C23H20FN3O6S/c1-33-23(30)20-10-7-17(14-26-20)22(29)27-34(31,32)19-4-2-3-16(13-19)21(28)25-12-11-15-5-8-18(24)9-6-15/h2-10,13-14H,11-12H2,1H3,(H,25,28)(H,27,29). The molecule has 0 bridgehead atoms. The topological polar surface area (TPSA) is 132 Å². The molecule has 0 aliphatic carbocycles.